The highest BCUT2D eigenvalue weighted by atomic mass is 79.9. The Hall–Kier alpha value is -0.840. The van der Waals surface area contributed by atoms with Crippen LogP contribution in [0.4, 0.5) is 5.82 Å². The number of anilines is 1. The molecule has 2 rings (SSSR count). The molecule has 1 heterocycles. The molecule has 0 amide bonds. The van der Waals surface area contributed by atoms with Crippen LogP contribution in [0, 0.1) is 6.92 Å². The van der Waals surface area contributed by atoms with Crippen molar-refractivity contribution in [3.63, 3.8) is 0 Å². The maximum Gasteiger partial charge on any atom is 0.221 e. The lowest BCUT2D eigenvalue weighted by Gasteiger charge is -2.24. The van der Waals surface area contributed by atoms with E-state index < -0.39 is 0 Å². The van der Waals surface area contributed by atoms with Crippen LogP contribution in [0.5, 0.6) is 5.88 Å². The van der Waals surface area contributed by atoms with E-state index in [0.717, 1.165) is 23.3 Å². The SMILES string of the molecule is CCOc1ncnc(N(CCBr)C2CC2)c1C. The van der Waals surface area contributed by atoms with E-state index in [9.17, 15) is 0 Å². The number of aromatic nitrogens is 2. The minimum atomic E-state index is 0.638. The summed E-state index contributed by atoms with van der Waals surface area (Å²) in [5.74, 6) is 1.73. The molecule has 1 aromatic heterocycles. The quantitative estimate of drug-likeness (QED) is 0.757. The van der Waals surface area contributed by atoms with Crippen molar-refractivity contribution in [2.45, 2.75) is 32.7 Å². The Kier molecular flexibility index (Phi) is 4.20. The maximum absolute atomic E-state index is 5.52. The van der Waals surface area contributed by atoms with E-state index >= 15 is 0 Å². The number of rotatable bonds is 6. The molecule has 0 aromatic carbocycles. The third-order valence-electron chi connectivity index (χ3n) is 2.88. The summed E-state index contributed by atoms with van der Waals surface area (Å²) >= 11 is 3.50. The molecule has 0 radical (unpaired) electrons. The van der Waals surface area contributed by atoms with Gasteiger partial charge in [0.2, 0.25) is 5.88 Å². The van der Waals surface area contributed by atoms with Crippen LogP contribution in [0.1, 0.15) is 25.3 Å². The van der Waals surface area contributed by atoms with Gasteiger partial charge in [-0.2, -0.15) is 0 Å². The monoisotopic (exact) mass is 299 g/mol. The zero-order chi connectivity index (χ0) is 12.3. The maximum atomic E-state index is 5.52. The first-order chi connectivity index (χ1) is 8.27. The Morgan fingerprint density at radius 3 is 2.82 bits per heavy atom. The molecule has 1 fully saturated rings. The molecule has 0 aliphatic heterocycles. The van der Waals surface area contributed by atoms with Crippen molar-refractivity contribution >= 4 is 21.7 Å². The Balaban J connectivity index is 2.25. The first-order valence-electron chi connectivity index (χ1n) is 6.05. The van der Waals surface area contributed by atoms with Crippen LogP contribution in [0.15, 0.2) is 6.33 Å². The van der Waals surface area contributed by atoms with Gasteiger partial charge >= 0.3 is 0 Å². The van der Waals surface area contributed by atoms with Gasteiger partial charge in [0, 0.05) is 17.9 Å². The van der Waals surface area contributed by atoms with Gasteiger partial charge in [-0.1, -0.05) is 15.9 Å². The fourth-order valence-electron chi connectivity index (χ4n) is 1.94. The molecule has 17 heavy (non-hydrogen) atoms. The Morgan fingerprint density at radius 2 is 2.24 bits per heavy atom. The van der Waals surface area contributed by atoms with Crippen molar-refractivity contribution < 1.29 is 4.74 Å². The number of hydrogen-bond acceptors (Lipinski definition) is 4. The van der Waals surface area contributed by atoms with E-state index in [1.54, 1.807) is 6.33 Å². The van der Waals surface area contributed by atoms with Crippen molar-refractivity contribution in [1.82, 2.24) is 9.97 Å². The molecule has 1 aromatic rings. The lowest BCUT2D eigenvalue weighted by atomic mass is 10.3. The Bertz CT molecular complexity index is 382. The van der Waals surface area contributed by atoms with Crippen LogP contribution in [0.3, 0.4) is 0 Å². The van der Waals surface area contributed by atoms with Crippen LogP contribution in [-0.2, 0) is 0 Å². The average Bonchev–Trinajstić information content (AvgIpc) is 3.14. The van der Waals surface area contributed by atoms with Crippen molar-refractivity contribution in [2.75, 3.05) is 23.4 Å². The smallest absolute Gasteiger partial charge is 0.221 e. The first kappa shape index (κ1) is 12.6. The molecule has 1 aliphatic rings. The highest BCUT2D eigenvalue weighted by molar-refractivity contribution is 9.09. The fourth-order valence-corrected chi connectivity index (χ4v) is 2.32. The van der Waals surface area contributed by atoms with Gasteiger partial charge < -0.3 is 9.64 Å². The van der Waals surface area contributed by atoms with E-state index in [1.165, 1.54) is 12.8 Å². The molecule has 0 spiro atoms. The van der Waals surface area contributed by atoms with Gasteiger partial charge in [0.15, 0.2) is 0 Å². The van der Waals surface area contributed by atoms with Gasteiger partial charge in [0.05, 0.1) is 12.2 Å². The molecule has 0 unspecified atom stereocenters. The summed E-state index contributed by atoms with van der Waals surface area (Å²) < 4.78 is 5.52. The van der Waals surface area contributed by atoms with Crippen molar-refractivity contribution in [3.05, 3.63) is 11.9 Å². The molecular formula is C12H18BrN3O. The number of nitrogens with zero attached hydrogens (tertiary/aromatic N) is 3. The normalized spacial score (nSPS) is 14.8. The van der Waals surface area contributed by atoms with Crippen LogP contribution >= 0.6 is 15.9 Å². The van der Waals surface area contributed by atoms with Crippen LogP contribution < -0.4 is 9.64 Å². The second-order valence-electron chi connectivity index (χ2n) is 4.17. The predicted molar refractivity (Wildman–Crippen MR) is 72.1 cm³/mol. The summed E-state index contributed by atoms with van der Waals surface area (Å²) in [6, 6.07) is 0.649. The van der Waals surface area contributed by atoms with Crippen LogP contribution in [0.25, 0.3) is 0 Å². The molecule has 94 valence electrons. The molecule has 1 aliphatic carbocycles. The molecule has 0 N–H and O–H groups in total. The third kappa shape index (κ3) is 2.89. The zero-order valence-electron chi connectivity index (χ0n) is 10.3. The van der Waals surface area contributed by atoms with Gasteiger partial charge in [0.25, 0.3) is 0 Å². The Labute approximate surface area is 111 Å². The second-order valence-corrected chi connectivity index (χ2v) is 4.97. The van der Waals surface area contributed by atoms with Crippen molar-refractivity contribution in [2.24, 2.45) is 0 Å². The van der Waals surface area contributed by atoms with E-state index in [1.807, 2.05) is 13.8 Å². The minimum Gasteiger partial charge on any atom is -0.478 e. The van der Waals surface area contributed by atoms with Crippen LogP contribution in [-0.4, -0.2) is 34.5 Å². The van der Waals surface area contributed by atoms with Gasteiger partial charge in [0.1, 0.15) is 12.1 Å². The van der Waals surface area contributed by atoms with Gasteiger partial charge in [-0.25, -0.2) is 9.97 Å². The van der Waals surface area contributed by atoms with Gasteiger partial charge in [-0.05, 0) is 26.7 Å². The van der Waals surface area contributed by atoms with E-state index in [2.05, 4.69) is 30.8 Å². The molecular weight excluding hydrogens is 282 g/mol. The first-order valence-corrected chi connectivity index (χ1v) is 7.17. The number of halogens is 1. The van der Waals surface area contributed by atoms with Crippen LogP contribution in [0.2, 0.25) is 0 Å². The number of ether oxygens (including phenoxy) is 1. The van der Waals surface area contributed by atoms with Gasteiger partial charge in [-0.3, -0.25) is 0 Å². The number of hydrogen-bond donors (Lipinski definition) is 0. The standard InChI is InChI=1S/C12H18BrN3O/c1-3-17-12-9(2)11(14-8-15-12)16(7-6-13)10-4-5-10/h8,10H,3-7H2,1-2H3. The fraction of sp³-hybridized carbons (Fsp3) is 0.667. The largest absolute Gasteiger partial charge is 0.478 e. The summed E-state index contributed by atoms with van der Waals surface area (Å²) in [4.78, 5) is 11.0. The lowest BCUT2D eigenvalue weighted by molar-refractivity contribution is 0.323. The molecule has 0 saturated heterocycles. The summed E-state index contributed by atoms with van der Waals surface area (Å²) in [5, 5.41) is 0.955. The predicted octanol–water partition coefficient (Wildman–Crippen LogP) is 2.55. The van der Waals surface area contributed by atoms with Crippen molar-refractivity contribution in [3.8, 4) is 5.88 Å². The topological polar surface area (TPSA) is 38.3 Å². The summed E-state index contributed by atoms with van der Waals surface area (Å²) in [6.07, 6.45) is 4.12. The van der Waals surface area contributed by atoms with E-state index in [0.29, 0.717) is 18.5 Å². The molecule has 5 heteroatoms. The molecule has 0 atom stereocenters. The Morgan fingerprint density at radius 1 is 1.47 bits per heavy atom. The summed E-state index contributed by atoms with van der Waals surface area (Å²) in [6.45, 7) is 5.62. The summed E-state index contributed by atoms with van der Waals surface area (Å²) in [7, 11) is 0. The molecule has 0 bridgehead atoms. The summed E-state index contributed by atoms with van der Waals surface area (Å²) in [5.41, 5.74) is 1.04. The molecule has 1 saturated carbocycles. The average molecular weight is 300 g/mol. The number of alkyl halides is 1. The third-order valence-corrected chi connectivity index (χ3v) is 3.23. The minimum absolute atomic E-state index is 0.638. The highest BCUT2D eigenvalue weighted by Crippen LogP contribution is 2.33. The zero-order valence-corrected chi connectivity index (χ0v) is 11.9. The second kappa shape index (κ2) is 5.67. The van der Waals surface area contributed by atoms with E-state index in [-0.39, 0.29) is 0 Å². The highest BCUT2D eigenvalue weighted by Gasteiger charge is 2.31. The van der Waals surface area contributed by atoms with Gasteiger partial charge in [-0.15, -0.1) is 0 Å². The molecule has 4 nitrogen and oxygen atoms in total. The lowest BCUT2D eigenvalue weighted by Crippen LogP contribution is -2.29. The van der Waals surface area contributed by atoms with Crippen molar-refractivity contribution in [1.29, 1.82) is 0 Å². The van der Waals surface area contributed by atoms with E-state index in [4.69, 9.17) is 4.74 Å².